The Balaban J connectivity index is 3.02. The van der Waals surface area contributed by atoms with Crippen molar-refractivity contribution in [3.63, 3.8) is 0 Å². The zero-order chi connectivity index (χ0) is 14.8. The van der Waals surface area contributed by atoms with E-state index >= 15 is 0 Å². The minimum atomic E-state index is -3.90. The fraction of sp³-hybridized carbons (Fsp3) is 0.455. The lowest BCUT2D eigenvalue weighted by Gasteiger charge is -2.16. The van der Waals surface area contributed by atoms with Crippen LogP contribution in [0.15, 0.2) is 17.0 Å². The molecule has 4 N–H and O–H groups in total. The van der Waals surface area contributed by atoms with E-state index in [4.69, 9.17) is 28.9 Å². The maximum absolute atomic E-state index is 12.1. The molecule has 0 saturated carbocycles. The van der Waals surface area contributed by atoms with E-state index < -0.39 is 16.1 Å². The van der Waals surface area contributed by atoms with Gasteiger partial charge in [-0.1, -0.05) is 37.0 Å². The molecule has 0 radical (unpaired) electrons. The Kier molecular flexibility index (Phi) is 5.46. The Labute approximate surface area is 122 Å². The van der Waals surface area contributed by atoms with Gasteiger partial charge in [0.1, 0.15) is 4.90 Å². The first kappa shape index (κ1) is 16.5. The summed E-state index contributed by atoms with van der Waals surface area (Å²) >= 11 is 11.7. The average Bonchev–Trinajstić information content (AvgIpc) is 2.23. The molecule has 0 saturated heterocycles. The van der Waals surface area contributed by atoms with E-state index in [1.807, 2.05) is 0 Å². The van der Waals surface area contributed by atoms with Gasteiger partial charge in [-0.2, -0.15) is 0 Å². The van der Waals surface area contributed by atoms with E-state index in [0.717, 1.165) is 0 Å². The monoisotopic (exact) mass is 326 g/mol. The number of hydrogen-bond acceptors (Lipinski definition) is 4. The van der Waals surface area contributed by atoms with Crippen LogP contribution < -0.4 is 10.5 Å². The number of halogens is 2. The topological polar surface area (TPSA) is 92.4 Å². The van der Waals surface area contributed by atoms with Gasteiger partial charge in [0, 0.05) is 12.2 Å². The standard InChI is InChI=1S/C11H16Cl2N2O3S/c1-6(2)10(16)5-15-19(17,18)11-8(12)3-7(14)4-9(11)13/h3-4,6,10,15-16H,5,14H2,1-2H3. The molecule has 1 atom stereocenters. The van der Waals surface area contributed by atoms with Gasteiger partial charge in [-0.25, -0.2) is 13.1 Å². The lowest BCUT2D eigenvalue weighted by Crippen LogP contribution is -2.35. The molecule has 0 aromatic heterocycles. The Hall–Kier alpha value is -0.530. The fourth-order valence-corrected chi connectivity index (χ4v) is 3.62. The summed E-state index contributed by atoms with van der Waals surface area (Å²) in [6.45, 7) is 3.45. The summed E-state index contributed by atoms with van der Waals surface area (Å²) in [7, 11) is -3.90. The van der Waals surface area contributed by atoms with Gasteiger partial charge in [0.2, 0.25) is 10.0 Å². The fourth-order valence-electron chi connectivity index (χ4n) is 1.34. The van der Waals surface area contributed by atoms with Gasteiger partial charge in [-0.3, -0.25) is 0 Å². The minimum Gasteiger partial charge on any atom is -0.399 e. The number of rotatable bonds is 5. The summed E-state index contributed by atoms with van der Waals surface area (Å²) in [5, 5.41) is 9.49. The van der Waals surface area contributed by atoms with Crippen LogP contribution in [0.4, 0.5) is 5.69 Å². The number of anilines is 1. The van der Waals surface area contributed by atoms with Crippen LogP contribution in [0.3, 0.4) is 0 Å². The van der Waals surface area contributed by atoms with Crippen molar-refractivity contribution in [2.24, 2.45) is 5.92 Å². The number of benzene rings is 1. The molecule has 5 nitrogen and oxygen atoms in total. The van der Waals surface area contributed by atoms with E-state index in [9.17, 15) is 13.5 Å². The van der Waals surface area contributed by atoms with Crippen molar-refractivity contribution >= 4 is 38.9 Å². The van der Waals surface area contributed by atoms with E-state index in [0.29, 0.717) is 0 Å². The molecule has 0 spiro atoms. The van der Waals surface area contributed by atoms with Gasteiger partial charge in [0.25, 0.3) is 0 Å². The Morgan fingerprint density at radius 1 is 1.32 bits per heavy atom. The molecular formula is C11H16Cl2N2O3S. The molecule has 0 aliphatic heterocycles. The van der Waals surface area contributed by atoms with E-state index in [1.54, 1.807) is 13.8 Å². The molecule has 8 heteroatoms. The highest BCUT2D eigenvalue weighted by atomic mass is 35.5. The molecule has 0 heterocycles. The lowest BCUT2D eigenvalue weighted by molar-refractivity contribution is 0.129. The van der Waals surface area contributed by atoms with Crippen molar-refractivity contribution in [1.29, 1.82) is 0 Å². The predicted molar refractivity (Wildman–Crippen MR) is 76.9 cm³/mol. The summed E-state index contributed by atoms with van der Waals surface area (Å²) < 4.78 is 26.4. The average molecular weight is 327 g/mol. The van der Waals surface area contributed by atoms with Crippen LogP contribution in [0.1, 0.15) is 13.8 Å². The van der Waals surface area contributed by atoms with Gasteiger partial charge >= 0.3 is 0 Å². The van der Waals surface area contributed by atoms with Crippen molar-refractivity contribution in [1.82, 2.24) is 4.72 Å². The molecule has 19 heavy (non-hydrogen) atoms. The van der Waals surface area contributed by atoms with Crippen LogP contribution in [0.5, 0.6) is 0 Å². The van der Waals surface area contributed by atoms with E-state index in [1.165, 1.54) is 12.1 Å². The van der Waals surface area contributed by atoms with Crippen LogP contribution in [0.2, 0.25) is 10.0 Å². The number of sulfonamides is 1. The van der Waals surface area contributed by atoms with Gasteiger partial charge < -0.3 is 10.8 Å². The second-order valence-corrected chi connectivity index (χ2v) is 7.00. The summed E-state index contributed by atoms with van der Waals surface area (Å²) in [6, 6.07) is 2.61. The molecule has 1 rings (SSSR count). The molecule has 0 bridgehead atoms. The number of nitrogens with two attached hydrogens (primary N) is 1. The smallest absolute Gasteiger partial charge is 0.243 e. The first-order valence-electron chi connectivity index (χ1n) is 5.57. The highest BCUT2D eigenvalue weighted by molar-refractivity contribution is 7.89. The molecule has 1 aromatic rings. The van der Waals surface area contributed by atoms with E-state index in [2.05, 4.69) is 4.72 Å². The third-order valence-corrected chi connectivity index (χ3v) is 4.89. The SMILES string of the molecule is CC(C)C(O)CNS(=O)(=O)c1c(Cl)cc(N)cc1Cl. The molecule has 0 aliphatic carbocycles. The lowest BCUT2D eigenvalue weighted by atomic mass is 10.1. The van der Waals surface area contributed by atoms with Crippen molar-refractivity contribution in [2.45, 2.75) is 24.8 Å². The van der Waals surface area contributed by atoms with Crippen LogP contribution in [0, 0.1) is 5.92 Å². The van der Waals surface area contributed by atoms with Crippen molar-refractivity contribution in [3.8, 4) is 0 Å². The zero-order valence-electron chi connectivity index (χ0n) is 10.5. The van der Waals surface area contributed by atoms with Gasteiger partial charge in [0.15, 0.2) is 0 Å². The summed E-state index contributed by atoms with van der Waals surface area (Å²) in [6.07, 6.45) is -0.791. The van der Waals surface area contributed by atoms with Crippen molar-refractivity contribution in [2.75, 3.05) is 12.3 Å². The van der Waals surface area contributed by atoms with Crippen molar-refractivity contribution < 1.29 is 13.5 Å². The second kappa shape index (κ2) is 6.28. The quantitative estimate of drug-likeness (QED) is 0.720. The van der Waals surface area contributed by atoms with Crippen LogP contribution in [-0.2, 0) is 10.0 Å². The number of hydrogen-bond donors (Lipinski definition) is 3. The Morgan fingerprint density at radius 2 is 1.79 bits per heavy atom. The highest BCUT2D eigenvalue weighted by Crippen LogP contribution is 2.31. The third kappa shape index (κ3) is 4.22. The minimum absolute atomic E-state index is 0.0588. The van der Waals surface area contributed by atoms with Crippen LogP contribution in [-0.4, -0.2) is 26.2 Å². The third-order valence-electron chi connectivity index (χ3n) is 2.54. The number of aliphatic hydroxyl groups is 1. The largest absolute Gasteiger partial charge is 0.399 e. The Bertz CT molecular complexity index is 538. The maximum Gasteiger partial charge on any atom is 0.243 e. The molecular weight excluding hydrogens is 311 g/mol. The summed E-state index contributed by atoms with van der Waals surface area (Å²) in [4.78, 5) is -0.235. The highest BCUT2D eigenvalue weighted by Gasteiger charge is 2.23. The van der Waals surface area contributed by atoms with Crippen molar-refractivity contribution in [3.05, 3.63) is 22.2 Å². The molecule has 0 fully saturated rings. The normalized spacial score (nSPS) is 13.8. The second-order valence-electron chi connectivity index (χ2n) is 4.48. The van der Waals surface area contributed by atoms with Gasteiger partial charge in [-0.15, -0.1) is 0 Å². The van der Waals surface area contributed by atoms with Gasteiger partial charge in [-0.05, 0) is 18.1 Å². The summed E-state index contributed by atoms with van der Waals surface area (Å²) in [5.74, 6) is -0.0694. The van der Waals surface area contributed by atoms with E-state index in [-0.39, 0.29) is 33.1 Å². The number of nitrogens with one attached hydrogen (secondary N) is 1. The molecule has 0 aliphatic rings. The maximum atomic E-state index is 12.1. The molecule has 0 amide bonds. The van der Waals surface area contributed by atoms with Crippen LogP contribution >= 0.6 is 23.2 Å². The first-order valence-corrected chi connectivity index (χ1v) is 7.81. The molecule has 1 unspecified atom stereocenters. The summed E-state index contributed by atoms with van der Waals surface area (Å²) in [5.41, 5.74) is 5.78. The van der Waals surface area contributed by atoms with Gasteiger partial charge in [0.05, 0.1) is 16.1 Å². The first-order chi connectivity index (χ1) is 8.65. The Morgan fingerprint density at radius 3 is 2.21 bits per heavy atom. The predicted octanol–water partition coefficient (Wildman–Crippen LogP) is 1.87. The number of aliphatic hydroxyl groups excluding tert-OH is 1. The number of nitrogen functional groups attached to an aromatic ring is 1. The van der Waals surface area contributed by atoms with Crippen LogP contribution in [0.25, 0.3) is 0 Å². The zero-order valence-corrected chi connectivity index (χ0v) is 12.9. The molecule has 108 valence electrons. The molecule has 1 aromatic carbocycles.